The maximum absolute atomic E-state index is 12.4. The molecule has 1 aromatic rings. The van der Waals surface area contributed by atoms with Crippen molar-refractivity contribution in [2.45, 2.75) is 44.4 Å². The van der Waals surface area contributed by atoms with Crippen molar-refractivity contribution in [3.63, 3.8) is 0 Å². The summed E-state index contributed by atoms with van der Waals surface area (Å²) in [5, 5.41) is 10.0. The smallest absolute Gasteiger partial charge is 0.279 e. The van der Waals surface area contributed by atoms with Crippen LogP contribution in [0.2, 0.25) is 0 Å². The topological polar surface area (TPSA) is 92.0 Å². The van der Waals surface area contributed by atoms with Crippen LogP contribution in [0.5, 0.6) is 0 Å². The van der Waals surface area contributed by atoms with E-state index >= 15 is 0 Å². The number of aliphatic hydroxyl groups is 1. The molecular formula is C14H24N2O5S. The van der Waals surface area contributed by atoms with E-state index < -0.39 is 22.4 Å². The normalized spacial score (nSPS) is 20.2. The number of aliphatic hydroxyl groups excluding tert-OH is 1. The predicted octanol–water partition coefficient (Wildman–Crippen LogP) is 1.04. The first-order chi connectivity index (χ1) is 10.4. The molecule has 2 unspecified atom stereocenters. The van der Waals surface area contributed by atoms with Gasteiger partial charge in [-0.15, -0.1) is 0 Å². The fourth-order valence-electron chi connectivity index (χ4n) is 2.56. The van der Waals surface area contributed by atoms with Gasteiger partial charge in [0.05, 0.1) is 6.26 Å². The van der Waals surface area contributed by atoms with Gasteiger partial charge in [0.15, 0.2) is 0 Å². The van der Waals surface area contributed by atoms with Crippen molar-refractivity contribution in [2.24, 2.45) is 0 Å². The zero-order chi connectivity index (χ0) is 16.2. The highest BCUT2D eigenvalue weighted by Gasteiger charge is 2.29. The third-order valence-electron chi connectivity index (χ3n) is 3.88. The van der Waals surface area contributed by atoms with E-state index in [0.29, 0.717) is 31.8 Å². The summed E-state index contributed by atoms with van der Waals surface area (Å²) in [4.78, 5) is 0. The molecule has 1 saturated heterocycles. The Morgan fingerprint density at radius 3 is 2.73 bits per heavy atom. The van der Waals surface area contributed by atoms with Gasteiger partial charge in [0.1, 0.15) is 11.9 Å². The van der Waals surface area contributed by atoms with E-state index in [1.807, 2.05) is 0 Å². The largest absolute Gasteiger partial charge is 0.467 e. The van der Waals surface area contributed by atoms with Crippen molar-refractivity contribution in [1.29, 1.82) is 0 Å². The van der Waals surface area contributed by atoms with Gasteiger partial charge >= 0.3 is 0 Å². The summed E-state index contributed by atoms with van der Waals surface area (Å²) in [6.07, 6.45) is 2.28. The van der Waals surface area contributed by atoms with Crippen LogP contribution in [-0.2, 0) is 14.9 Å². The van der Waals surface area contributed by atoms with Crippen molar-refractivity contribution in [2.75, 3.05) is 20.3 Å². The Kier molecular flexibility index (Phi) is 5.99. The third kappa shape index (κ3) is 4.53. The van der Waals surface area contributed by atoms with Gasteiger partial charge < -0.3 is 14.3 Å². The molecule has 7 nitrogen and oxygen atoms in total. The zero-order valence-electron chi connectivity index (χ0n) is 12.9. The SMILES string of the molecule is CC(CC(O)c1ccco1)NS(=O)(=O)N(C)C1CCOCC1. The minimum Gasteiger partial charge on any atom is -0.467 e. The quantitative estimate of drug-likeness (QED) is 0.778. The summed E-state index contributed by atoms with van der Waals surface area (Å²) in [5.74, 6) is 0.434. The summed E-state index contributed by atoms with van der Waals surface area (Å²) in [7, 11) is -2.01. The molecule has 22 heavy (non-hydrogen) atoms. The van der Waals surface area contributed by atoms with Gasteiger partial charge in [-0.1, -0.05) is 0 Å². The molecule has 2 N–H and O–H groups in total. The van der Waals surface area contributed by atoms with E-state index in [1.165, 1.54) is 10.6 Å². The summed E-state index contributed by atoms with van der Waals surface area (Å²) in [6, 6.07) is 2.90. The van der Waals surface area contributed by atoms with Gasteiger partial charge in [0, 0.05) is 32.3 Å². The predicted molar refractivity (Wildman–Crippen MR) is 81.4 cm³/mol. The highest BCUT2D eigenvalue weighted by molar-refractivity contribution is 7.87. The highest BCUT2D eigenvalue weighted by Crippen LogP contribution is 2.20. The number of rotatable bonds is 7. The van der Waals surface area contributed by atoms with Crippen LogP contribution in [0.3, 0.4) is 0 Å². The molecule has 1 aliphatic heterocycles. The monoisotopic (exact) mass is 332 g/mol. The second-order valence-electron chi connectivity index (χ2n) is 5.65. The summed E-state index contributed by atoms with van der Waals surface area (Å²) in [6.45, 7) is 2.89. The standard InChI is InChI=1S/C14H24N2O5S/c1-11(10-13(17)14-4-3-7-21-14)15-22(18,19)16(2)12-5-8-20-9-6-12/h3-4,7,11-13,15,17H,5-6,8-10H2,1-2H3. The third-order valence-corrected chi connectivity index (χ3v) is 5.64. The average molecular weight is 332 g/mol. The van der Waals surface area contributed by atoms with Crippen molar-refractivity contribution < 1.29 is 22.7 Å². The Labute approximate surface area is 131 Å². The van der Waals surface area contributed by atoms with Gasteiger partial charge in [-0.2, -0.15) is 17.4 Å². The van der Waals surface area contributed by atoms with Crippen molar-refractivity contribution >= 4 is 10.2 Å². The Morgan fingerprint density at radius 2 is 2.14 bits per heavy atom. The Hall–Kier alpha value is -0.930. The molecule has 0 aromatic carbocycles. The lowest BCUT2D eigenvalue weighted by Gasteiger charge is -2.31. The molecule has 8 heteroatoms. The van der Waals surface area contributed by atoms with Crippen LogP contribution in [-0.4, -0.2) is 50.2 Å². The van der Waals surface area contributed by atoms with Crippen molar-refractivity contribution in [3.05, 3.63) is 24.2 Å². The van der Waals surface area contributed by atoms with Crippen LogP contribution >= 0.6 is 0 Å². The molecule has 1 aliphatic rings. The Bertz CT molecular complexity index is 540. The van der Waals surface area contributed by atoms with Crippen LogP contribution in [0, 0.1) is 0 Å². The van der Waals surface area contributed by atoms with Gasteiger partial charge in [-0.05, 0) is 38.3 Å². The van der Waals surface area contributed by atoms with E-state index in [-0.39, 0.29) is 12.5 Å². The first-order valence-electron chi connectivity index (χ1n) is 7.44. The number of nitrogens with zero attached hydrogens (tertiary/aromatic N) is 1. The first-order valence-corrected chi connectivity index (χ1v) is 8.88. The molecule has 2 heterocycles. The van der Waals surface area contributed by atoms with Crippen LogP contribution in [0.25, 0.3) is 0 Å². The molecule has 1 fully saturated rings. The second-order valence-corrected chi connectivity index (χ2v) is 7.41. The summed E-state index contributed by atoms with van der Waals surface area (Å²) < 4.78 is 39.1. The molecule has 2 atom stereocenters. The molecule has 0 amide bonds. The minimum absolute atomic E-state index is 0.0477. The molecule has 0 bridgehead atoms. The average Bonchev–Trinajstić information content (AvgIpc) is 3.01. The summed E-state index contributed by atoms with van der Waals surface area (Å²) in [5.41, 5.74) is 0. The Morgan fingerprint density at radius 1 is 1.45 bits per heavy atom. The van der Waals surface area contributed by atoms with Gasteiger partial charge in [0.25, 0.3) is 10.2 Å². The maximum Gasteiger partial charge on any atom is 0.279 e. The number of nitrogens with one attached hydrogen (secondary N) is 1. The van der Waals surface area contributed by atoms with Gasteiger partial charge in [0.2, 0.25) is 0 Å². The van der Waals surface area contributed by atoms with Crippen LogP contribution in [0.4, 0.5) is 0 Å². The molecule has 0 spiro atoms. The van der Waals surface area contributed by atoms with E-state index in [0.717, 1.165) is 0 Å². The van der Waals surface area contributed by atoms with Crippen LogP contribution in [0.1, 0.15) is 38.1 Å². The van der Waals surface area contributed by atoms with Gasteiger partial charge in [-0.3, -0.25) is 0 Å². The van der Waals surface area contributed by atoms with Gasteiger partial charge in [-0.25, -0.2) is 0 Å². The second kappa shape index (κ2) is 7.56. The number of hydrogen-bond donors (Lipinski definition) is 2. The molecule has 0 saturated carbocycles. The molecule has 2 rings (SSSR count). The molecule has 0 radical (unpaired) electrons. The lowest BCUT2D eigenvalue weighted by atomic mass is 10.1. The van der Waals surface area contributed by atoms with E-state index in [2.05, 4.69) is 4.72 Å². The summed E-state index contributed by atoms with van der Waals surface area (Å²) >= 11 is 0. The van der Waals surface area contributed by atoms with Crippen molar-refractivity contribution in [1.82, 2.24) is 9.03 Å². The lowest BCUT2D eigenvalue weighted by molar-refractivity contribution is 0.0627. The number of hydrogen-bond acceptors (Lipinski definition) is 5. The van der Waals surface area contributed by atoms with Crippen LogP contribution in [0.15, 0.2) is 22.8 Å². The molecular weight excluding hydrogens is 308 g/mol. The zero-order valence-corrected chi connectivity index (χ0v) is 13.8. The van der Waals surface area contributed by atoms with E-state index in [1.54, 1.807) is 26.1 Å². The lowest BCUT2D eigenvalue weighted by Crippen LogP contribution is -2.48. The molecule has 126 valence electrons. The number of ether oxygens (including phenoxy) is 1. The fraction of sp³-hybridized carbons (Fsp3) is 0.714. The maximum atomic E-state index is 12.4. The highest BCUT2D eigenvalue weighted by atomic mass is 32.2. The molecule has 0 aliphatic carbocycles. The van der Waals surface area contributed by atoms with E-state index in [4.69, 9.17) is 9.15 Å². The van der Waals surface area contributed by atoms with E-state index in [9.17, 15) is 13.5 Å². The Balaban J connectivity index is 1.89. The van der Waals surface area contributed by atoms with Crippen molar-refractivity contribution in [3.8, 4) is 0 Å². The fourth-order valence-corrected chi connectivity index (χ4v) is 3.94. The van der Waals surface area contributed by atoms with Crippen LogP contribution < -0.4 is 4.72 Å². The molecule has 1 aromatic heterocycles. The number of furan rings is 1. The minimum atomic E-state index is -3.59. The first kappa shape index (κ1) is 17.4.